The summed E-state index contributed by atoms with van der Waals surface area (Å²) in [5.41, 5.74) is 2.79. The third kappa shape index (κ3) is 3.80. The zero-order valence-corrected chi connectivity index (χ0v) is 8.94. The van der Waals surface area contributed by atoms with Crippen molar-refractivity contribution in [2.24, 2.45) is 5.92 Å². The molecule has 1 rings (SSSR count). The molecule has 1 unspecified atom stereocenters. The van der Waals surface area contributed by atoms with Gasteiger partial charge >= 0.3 is 0 Å². The van der Waals surface area contributed by atoms with E-state index in [4.69, 9.17) is 0 Å². The lowest BCUT2D eigenvalue weighted by molar-refractivity contribution is 0.459. The minimum Gasteiger partial charge on any atom is -0.100 e. The van der Waals surface area contributed by atoms with E-state index in [0.29, 0.717) is 0 Å². The van der Waals surface area contributed by atoms with Crippen LogP contribution in [0.5, 0.6) is 0 Å². The van der Waals surface area contributed by atoms with Gasteiger partial charge in [-0.1, -0.05) is 37.0 Å². The molecule has 0 spiro atoms. The average molecular weight is 178 g/mol. The van der Waals surface area contributed by atoms with Crippen molar-refractivity contribution in [3.63, 3.8) is 0 Å². The quantitative estimate of drug-likeness (QED) is 0.547. The Morgan fingerprint density at radius 1 is 1.31 bits per heavy atom. The van der Waals surface area contributed by atoms with Crippen molar-refractivity contribution < 1.29 is 0 Å². The van der Waals surface area contributed by atoms with E-state index in [1.165, 1.54) is 56.1 Å². The van der Waals surface area contributed by atoms with Gasteiger partial charge in [0.15, 0.2) is 0 Å². The topological polar surface area (TPSA) is 0 Å². The van der Waals surface area contributed by atoms with Gasteiger partial charge in [-0.3, -0.25) is 0 Å². The minimum atomic E-state index is 0.734. The van der Waals surface area contributed by atoms with Gasteiger partial charge in [0, 0.05) is 0 Å². The maximum absolute atomic E-state index is 4.21. The summed E-state index contributed by atoms with van der Waals surface area (Å²) in [6, 6.07) is 0. The van der Waals surface area contributed by atoms with Crippen molar-refractivity contribution in [1.29, 1.82) is 0 Å². The highest BCUT2D eigenvalue weighted by atomic mass is 14.2. The Labute approximate surface area is 82.7 Å². The largest absolute Gasteiger partial charge is 0.100 e. The van der Waals surface area contributed by atoms with Crippen LogP contribution in [0.2, 0.25) is 0 Å². The van der Waals surface area contributed by atoms with Crippen molar-refractivity contribution in [2.45, 2.75) is 51.9 Å². The zero-order chi connectivity index (χ0) is 9.68. The van der Waals surface area contributed by atoms with Gasteiger partial charge in [-0.25, -0.2) is 0 Å². The first kappa shape index (κ1) is 10.6. The first-order valence-electron chi connectivity index (χ1n) is 5.52. The van der Waals surface area contributed by atoms with Crippen LogP contribution in [-0.2, 0) is 0 Å². The van der Waals surface area contributed by atoms with Gasteiger partial charge in [-0.15, -0.1) is 6.58 Å². The second-order valence-electron chi connectivity index (χ2n) is 4.47. The van der Waals surface area contributed by atoms with Crippen LogP contribution < -0.4 is 0 Å². The maximum atomic E-state index is 4.21. The van der Waals surface area contributed by atoms with Crippen LogP contribution in [-0.4, -0.2) is 0 Å². The second-order valence-corrected chi connectivity index (χ2v) is 4.47. The highest BCUT2D eigenvalue weighted by Crippen LogP contribution is 2.30. The monoisotopic (exact) mass is 178 g/mol. The molecule has 1 fully saturated rings. The van der Waals surface area contributed by atoms with E-state index in [0.717, 1.165) is 5.92 Å². The molecular formula is C13H22. The lowest BCUT2D eigenvalue weighted by Gasteiger charge is -2.22. The summed E-state index contributed by atoms with van der Waals surface area (Å²) in [7, 11) is 0. The first-order chi connectivity index (χ1) is 6.20. The molecule has 0 nitrogen and oxygen atoms in total. The van der Waals surface area contributed by atoms with Crippen LogP contribution in [0.3, 0.4) is 0 Å². The van der Waals surface area contributed by atoms with E-state index < -0.39 is 0 Å². The van der Waals surface area contributed by atoms with Crippen LogP contribution in [0.15, 0.2) is 24.3 Å². The van der Waals surface area contributed by atoms with Gasteiger partial charge < -0.3 is 0 Å². The molecule has 0 bridgehead atoms. The summed E-state index contributed by atoms with van der Waals surface area (Å²) in [5.74, 6) is 0.734. The van der Waals surface area contributed by atoms with Crippen LogP contribution in [0.25, 0.3) is 0 Å². The van der Waals surface area contributed by atoms with Crippen LogP contribution >= 0.6 is 0 Å². The Balaban J connectivity index is 2.46. The number of hydrogen-bond acceptors (Lipinski definition) is 0. The van der Waals surface area contributed by atoms with Gasteiger partial charge in [0.1, 0.15) is 0 Å². The molecule has 0 aromatic heterocycles. The predicted octanol–water partition coefficient (Wildman–Crippen LogP) is 4.48. The molecule has 0 radical (unpaired) electrons. The Morgan fingerprint density at radius 2 is 2.00 bits per heavy atom. The van der Waals surface area contributed by atoms with Gasteiger partial charge in [0.05, 0.1) is 0 Å². The van der Waals surface area contributed by atoms with Crippen molar-refractivity contribution in [2.75, 3.05) is 0 Å². The molecule has 0 aromatic carbocycles. The fraction of sp³-hybridized carbons (Fsp3) is 0.692. The lowest BCUT2D eigenvalue weighted by Crippen LogP contribution is -2.06. The molecule has 1 aliphatic carbocycles. The molecule has 0 heteroatoms. The fourth-order valence-corrected chi connectivity index (χ4v) is 2.17. The number of allylic oxidation sites excluding steroid dienone is 2. The van der Waals surface area contributed by atoms with E-state index in [2.05, 4.69) is 20.1 Å². The molecule has 13 heavy (non-hydrogen) atoms. The summed E-state index contributed by atoms with van der Waals surface area (Å²) < 4.78 is 0. The smallest absolute Gasteiger partial charge is 0.0169 e. The highest BCUT2D eigenvalue weighted by Gasteiger charge is 2.14. The summed E-state index contributed by atoms with van der Waals surface area (Å²) in [6.45, 7) is 10.3. The Morgan fingerprint density at radius 3 is 2.69 bits per heavy atom. The molecule has 0 aliphatic heterocycles. The molecule has 74 valence electrons. The molecule has 0 amide bonds. The molecule has 0 N–H and O–H groups in total. The Kier molecular flexibility index (Phi) is 4.27. The van der Waals surface area contributed by atoms with E-state index in [9.17, 15) is 0 Å². The van der Waals surface area contributed by atoms with Gasteiger partial charge in [-0.05, 0) is 38.5 Å². The minimum absolute atomic E-state index is 0.734. The normalized spacial score (nSPS) is 25.0. The van der Waals surface area contributed by atoms with E-state index in [1.807, 2.05) is 0 Å². The molecule has 0 saturated heterocycles. The molecule has 1 aliphatic rings. The van der Waals surface area contributed by atoms with Crippen molar-refractivity contribution in [3.8, 4) is 0 Å². The summed E-state index contributed by atoms with van der Waals surface area (Å²) in [5, 5.41) is 0. The highest BCUT2D eigenvalue weighted by molar-refractivity contribution is 5.06. The van der Waals surface area contributed by atoms with Crippen LogP contribution in [0.1, 0.15) is 51.9 Å². The molecule has 0 heterocycles. The first-order valence-corrected chi connectivity index (χ1v) is 5.52. The fourth-order valence-electron chi connectivity index (χ4n) is 2.17. The SMILES string of the molecule is C=C(C)CC1CCCCCCC1=C. The van der Waals surface area contributed by atoms with E-state index in [1.54, 1.807) is 0 Å². The molecule has 0 aromatic rings. The van der Waals surface area contributed by atoms with E-state index in [-0.39, 0.29) is 0 Å². The molecule has 1 saturated carbocycles. The third-order valence-electron chi connectivity index (χ3n) is 2.97. The summed E-state index contributed by atoms with van der Waals surface area (Å²) in [4.78, 5) is 0. The standard InChI is InChI=1S/C13H22/c1-11(2)10-13-9-7-5-4-6-8-12(13)3/h13H,1,3-10H2,2H3. The Bertz CT molecular complexity index is 188. The van der Waals surface area contributed by atoms with E-state index >= 15 is 0 Å². The van der Waals surface area contributed by atoms with Crippen LogP contribution in [0, 0.1) is 5.92 Å². The number of rotatable bonds is 2. The molecular weight excluding hydrogens is 156 g/mol. The second kappa shape index (κ2) is 5.26. The zero-order valence-electron chi connectivity index (χ0n) is 8.94. The van der Waals surface area contributed by atoms with Crippen molar-refractivity contribution in [1.82, 2.24) is 0 Å². The third-order valence-corrected chi connectivity index (χ3v) is 2.97. The predicted molar refractivity (Wildman–Crippen MR) is 59.8 cm³/mol. The number of hydrogen-bond donors (Lipinski definition) is 0. The van der Waals surface area contributed by atoms with Gasteiger partial charge in [-0.2, -0.15) is 0 Å². The summed E-state index contributed by atoms with van der Waals surface area (Å²) in [6.07, 6.45) is 9.31. The summed E-state index contributed by atoms with van der Waals surface area (Å²) >= 11 is 0. The Hall–Kier alpha value is -0.520. The average Bonchev–Trinajstić information content (AvgIpc) is 2.04. The molecule has 1 atom stereocenters. The van der Waals surface area contributed by atoms with Crippen molar-refractivity contribution in [3.05, 3.63) is 24.3 Å². The lowest BCUT2D eigenvalue weighted by atomic mass is 9.84. The maximum Gasteiger partial charge on any atom is -0.0169 e. The van der Waals surface area contributed by atoms with Gasteiger partial charge in [0.25, 0.3) is 0 Å². The van der Waals surface area contributed by atoms with Crippen LogP contribution in [0.4, 0.5) is 0 Å². The van der Waals surface area contributed by atoms with Gasteiger partial charge in [0.2, 0.25) is 0 Å². The van der Waals surface area contributed by atoms with Crippen molar-refractivity contribution >= 4 is 0 Å².